The van der Waals surface area contributed by atoms with Crippen molar-refractivity contribution in [3.63, 3.8) is 0 Å². The van der Waals surface area contributed by atoms with Crippen molar-refractivity contribution in [3.8, 4) is 0 Å². The van der Waals surface area contributed by atoms with Gasteiger partial charge in [0.2, 0.25) is 0 Å². The van der Waals surface area contributed by atoms with Crippen molar-refractivity contribution in [3.05, 3.63) is 0 Å². The maximum atomic E-state index is 8.52. The van der Waals surface area contributed by atoms with Gasteiger partial charge in [0.15, 0.2) is 0 Å². The van der Waals surface area contributed by atoms with E-state index in [4.69, 9.17) is 52.6 Å². The van der Waals surface area contributed by atoms with Crippen LogP contribution in [0.2, 0.25) is 0 Å². The molecule has 17 heteroatoms. The second-order valence-corrected chi connectivity index (χ2v) is 3.67. The largest absolute Gasteiger partial charge is 3.00 e. The Balaban J connectivity index is -0.0000000400. The first-order chi connectivity index (χ1) is 6.00. The molecule has 0 aliphatic carbocycles. The monoisotopic (exact) mass is 390 g/mol. The summed E-state index contributed by atoms with van der Waals surface area (Å²) in [5.41, 5.74) is 0. The average Bonchev–Trinajstić information content (AvgIpc) is 1.41. The maximum Gasteiger partial charge on any atom is 3.00 e. The molecule has 0 aliphatic rings. The van der Waals surface area contributed by atoms with Crippen LogP contribution in [0.5, 0.6) is 0 Å². The van der Waals surface area contributed by atoms with E-state index in [0.717, 1.165) is 0 Å². The van der Waals surface area contributed by atoms with Crippen molar-refractivity contribution in [1.82, 2.24) is 0 Å². The van der Waals surface area contributed by atoms with Gasteiger partial charge >= 0.3 is 37.1 Å². The van der Waals surface area contributed by atoms with Crippen molar-refractivity contribution in [2.24, 2.45) is 0 Å². The van der Waals surface area contributed by atoms with Crippen LogP contribution in [0.25, 0.3) is 0 Å². The molecular formula is O12S3V2. The fraction of sp³-hybridized carbons (Fsp3) is 0. The molecule has 0 amide bonds. The Hall–Kier alpha value is 0.779. The Morgan fingerprint density at radius 1 is 0.412 bits per heavy atom. The minimum atomic E-state index is -5.17. The SMILES string of the molecule is O=S(=O)([O-])[O-].O=S(=O)([O-])[O-].O=S(=O)([O-])[O-].[V+3].[V+3]. The molecule has 0 unspecified atom stereocenters. The normalized spacial score (nSPS) is 10.2. The minimum absolute atomic E-state index is 0. The zero-order valence-corrected chi connectivity index (χ0v) is 12.3. The van der Waals surface area contributed by atoms with E-state index in [0.29, 0.717) is 0 Å². The van der Waals surface area contributed by atoms with Crippen molar-refractivity contribution in [2.75, 3.05) is 0 Å². The predicted octanol–water partition coefficient (Wildman–Crippen LogP) is -4.02. The van der Waals surface area contributed by atoms with Gasteiger partial charge in [-0.15, -0.1) is 0 Å². The van der Waals surface area contributed by atoms with Crippen LogP contribution in [0.1, 0.15) is 0 Å². The van der Waals surface area contributed by atoms with Gasteiger partial charge < -0.3 is 27.3 Å². The van der Waals surface area contributed by atoms with Gasteiger partial charge in [-0.2, -0.15) is 0 Å². The summed E-state index contributed by atoms with van der Waals surface area (Å²) in [5.74, 6) is 0. The fourth-order valence-corrected chi connectivity index (χ4v) is 0. The molecule has 0 bridgehead atoms. The van der Waals surface area contributed by atoms with Gasteiger partial charge in [0.25, 0.3) is 0 Å². The molecule has 0 radical (unpaired) electrons. The molecule has 0 saturated heterocycles. The molecule has 0 fully saturated rings. The third-order valence-corrected chi connectivity index (χ3v) is 0. The molecule has 100 valence electrons. The van der Waals surface area contributed by atoms with Gasteiger partial charge in [0.05, 0.1) is 0 Å². The van der Waals surface area contributed by atoms with Gasteiger partial charge in [-0.25, -0.2) is 0 Å². The Kier molecular flexibility index (Phi) is 21.4. The summed E-state index contributed by atoms with van der Waals surface area (Å²) >= 11 is 0. The topological polar surface area (TPSA) is 241 Å². The van der Waals surface area contributed by atoms with Crippen LogP contribution in [0.3, 0.4) is 0 Å². The molecule has 0 rings (SSSR count). The summed E-state index contributed by atoms with van der Waals surface area (Å²) in [6, 6.07) is 0. The van der Waals surface area contributed by atoms with E-state index >= 15 is 0 Å². The van der Waals surface area contributed by atoms with E-state index < -0.39 is 31.2 Å². The summed E-state index contributed by atoms with van der Waals surface area (Å²) in [7, 11) is -15.5. The van der Waals surface area contributed by atoms with Gasteiger partial charge in [-0.1, -0.05) is 0 Å². The van der Waals surface area contributed by atoms with E-state index in [1.165, 1.54) is 0 Å². The Morgan fingerprint density at radius 3 is 0.412 bits per heavy atom. The average molecular weight is 390 g/mol. The van der Waals surface area contributed by atoms with Crippen LogP contribution in [-0.4, -0.2) is 52.6 Å². The van der Waals surface area contributed by atoms with Crippen LogP contribution in [0, 0.1) is 0 Å². The Bertz CT molecular complexity index is 341. The summed E-state index contributed by atoms with van der Waals surface area (Å²) in [6.07, 6.45) is 0. The van der Waals surface area contributed by atoms with E-state index in [2.05, 4.69) is 0 Å². The Labute approximate surface area is 120 Å². The first kappa shape index (κ1) is 30.7. The van der Waals surface area contributed by atoms with Crippen molar-refractivity contribution < 1.29 is 89.7 Å². The summed E-state index contributed by atoms with van der Waals surface area (Å²) in [6.45, 7) is 0. The molecular weight excluding hydrogens is 390 g/mol. The zero-order valence-electron chi connectivity index (χ0n) is 7.02. The molecule has 0 saturated carbocycles. The van der Waals surface area contributed by atoms with Crippen LogP contribution < -0.4 is 0 Å². The molecule has 0 aliphatic heterocycles. The van der Waals surface area contributed by atoms with E-state index in [1.807, 2.05) is 0 Å². The first-order valence-corrected chi connectivity index (χ1v) is 6.00. The first-order valence-electron chi connectivity index (χ1n) is 2.00. The Morgan fingerprint density at radius 2 is 0.412 bits per heavy atom. The summed E-state index contributed by atoms with van der Waals surface area (Å²) in [5, 5.41) is 0. The van der Waals surface area contributed by atoms with Gasteiger partial charge in [0, 0.05) is 31.2 Å². The summed E-state index contributed by atoms with van der Waals surface area (Å²) < 4.78 is 102. The van der Waals surface area contributed by atoms with Gasteiger partial charge in [0.1, 0.15) is 0 Å². The van der Waals surface area contributed by atoms with Gasteiger partial charge in [-0.05, 0) is 0 Å². The van der Waals surface area contributed by atoms with Crippen LogP contribution in [-0.2, 0) is 68.3 Å². The number of hydrogen-bond donors (Lipinski definition) is 0. The van der Waals surface area contributed by atoms with Crippen LogP contribution >= 0.6 is 0 Å². The summed E-state index contributed by atoms with van der Waals surface area (Å²) in [4.78, 5) is 0. The third kappa shape index (κ3) is 6040. The van der Waals surface area contributed by atoms with E-state index in [9.17, 15) is 0 Å². The molecule has 0 aromatic rings. The molecule has 0 heterocycles. The quantitative estimate of drug-likeness (QED) is 0.284. The molecule has 0 atom stereocenters. The van der Waals surface area contributed by atoms with Gasteiger partial charge in [-0.3, -0.25) is 25.3 Å². The van der Waals surface area contributed by atoms with Crippen LogP contribution in [0.4, 0.5) is 0 Å². The van der Waals surface area contributed by atoms with E-state index in [-0.39, 0.29) is 37.1 Å². The molecule has 0 spiro atoms. The van der Waals surface area contributed by atoms with Crippen molar-refractivity contribution >= 4 is 31.2 Å². The molecule has 17 heavy (non-hydrogen) atoms. The molecule has 0 N–H and O–H groups in total. The smallest absolute Gasteiger partial charge is 0.759 e. The molecule has 0 aromatic carbocycles. The van der Waals surface area contributed by atoms with E-state index in [1.54, 1.807) is 0 Å². The standard InChI is InChI=1S/3H2O4S.2V/c3*1-5(2,3)4;;/h3*(H2,1,2,3,4);;/q;;;2*+3/p-6. The zero-order chi connectivity index (χ0) is 13.5. The van der Waals surface area contributed by atoms with Crippen molar-refractivity contribution in [2.45, 2.75) is 0 Å². The number of hydrogen-bond acceptors (Lipinski definition) is 12. The fourth-order valence-electron chi connectivity index (χ4n) is 0. The molecule has 12 nitrogen and oxygen atoms in total. The number of rotatable bonds is 0. The third-order valence-electron chi connectivity index (χ3n) is 0. The van der Waals surface area contributed by atoms with Crippen LogP contribution in [0.15, 0.2) is 0 Å². The second kappa shape index (κ2) is 11.8. The van der Waals surface area contributed by atoms with Crippen molar-refractivity contribution in [1.29, 1.82) is 0 Å². The molecule has 0 aromatic heterocycles. The minimum Gasteiger partial charge on any atom is -0.759 e. The second-order valence-electron chi connectivity index (χ2n) is 1.22. The predicted molar refractivity (Wildman–Crippen MR) is 31.4 cm³/mol. The maximum absolute atomic E-state index is 8.52.